The minimum absolute atomic E-state index is 0.0342. The van der Waals surface area contributed by atoms with Crippen LogP contribution in [0.5, 0.6) is 11.5 Å². The Kier molecular flexibility index (Phi) is 9.54. The quantitative estimate of drug-likeness (QED) is 0.337. The molecule has 7 rings (SSSR count). The van der Waals surface area contributed by atoms with Crippen LogP contribution in [-0.4, -0.2) is 98.5 Å². The van der Waals surface area contributed by atoms with Gasteiger partial charge in [-0.15, -0.1) is 0 Å². The third-order valence-corrected chi connectivity index (χ3v) is 10.6. The summed E-state index contributed by atoms with van der Waals surface area (Å²) in [5, 5.41) is 0. The van der Waals surface area contributed by atoms with Crippen molar-refractivity contribution < 1.29 is 28.2 Å². The van der Waals surface area contributed by atoms with E-state index in [2.05, 4.69) is 14.9 Å². The molecule has 11 nitrogen and oxygen atoms in total. The number of benzene rings is 1. The van der Waals surface area contributed by atoms with E-state index in [9.17, 15) is 18.8 Å². The second-order valence-corrected chi connectivity index (χ2v) is 15.9. The second kappa shape index (κ2) is 13.4. The Hall–Kier alpha value is -3.96. The lowest BCUT2D eigenvalue weighted by Crippen LogP contribution is -2.63. The van der Waals surface area contributed by atoms with Crippen molar-refractivity contribution >= 4 is 23.7 Å². The van der Waals surface area contributed by atoms with E-state index in [1.165, 1.54) is 24.5 Å². The molecule has 1 unspecified atom stereocenters. The molecule has 1 aromatic heterocycles. The van der Waals surface area contributed by atoms with Crippen LogP contribution in [0.4, 0.5) is 15.0 Å². The topological polar surface area (TPSA) is 108 Å². The van der Waals surface area contributed by atoms with E-state index in [-0.39, 0.29) is 58.7 Å². The van der Waals surface area contributed by atoms with E-state index in [4.69, 9.17) is 9.47 Å². The van der Waals surface area contributed by atoms with Crippen molar-refractivity contribution in [3.63, 3.8) is 0 Å². The molecule has 4 saturated heterocycles. The molecule has 1 aliphatic carbocycles. The Balaban J connectivity index is 1.18. The number of nitrogens with zero attached hydrogens (tertiary/aromatic N) is 6. The molecule has 4 aliphatic heterocycles. The first kappa shape index (κ1) is 34.9. The summed E-state index contributed by atoms with van der Waals surface area (Å²) in [4.78, 5) is 57.6. The van der Waals surface area contributed by atoms with Crippen molar-refractivity contribution in [3.05, 3.63) is 42.1 Å². The van der Waals surface area contributed by atoms with Gasteiger partial charge in [-0.2, -0.15) is 0 Å². The van der Waals surface area contributed by atoms with Gasteiger partial charge in [-0.05, 0) is 111 Å². The van der Waals surface area contributed by atoms with Crippen molar-refractivity contribution in [2.75, 3.05) is 31.1 Å². The molecule has 2 aromatic rings. The van der Waals surface area contributed by atoms with Crippen LogP contribution in [0, 0.1) is 17.2 Å². The van der Waals surface area contributed by atoms with Gasteiger partial charge < -0.3 is 24.2 Å². The Morgan fingerprint density at radius 1 is 0.980 bits per heavy atom. The fourth-order valence-electron chi connectivity index (χ4n) is 8.51. The molecule has 49 heavy (non-hydrogen) atoms. The molecule has 1 aromatic carbocycles. The maximum atomic E-state index is 14.5. The number of rotatable bonds is 7. The minimum Gasteiger partial charge on any atom is -0.451 e. The largest absolute Gasteiger partial charge is 0.451 e. The number of fused-ring (bicyclic) bond motifs is 3. The van der Waals surface area contributed by atoms with E-state index < -0.39 is 17.5 Å². The van der Waals surface area contributed by atoms with Crippen molar-refractivity contribution in [1.82, 2.24) is 24.7 Å². The van der Waals surface area contributed by atoms with Gasteiger partial charge in [-0.3, -0.25) is 14.5 Å². The van der Waals surface area contributed by atoms with Gasteiger partial charge in [0.25, 0.3) is 5.91 Å². The van der Waals surface area contributed by atoms with Crippen molar-refractivity contribution in [2.45, 2.75) is 117 Å². The highest BCUT2D eigenvalue weighted by Crippen LogP contribution is 2.46. The van der Waals surface area contributed by atoms with Crippen LogP contribution in [0.2, 0.25) is 0 Å². The number of hydrogen-bond donors (Lipinski definition) is 0. The monoisotopic (exact) mass is 678 g/mol. The maximum Gasteiger partial charge on any atom is 0.411 e. The van der Waals surface area contributed by atoms with Crippen LogP contribution in [0.1, 0.15) is 97.3 Å². The molecule has 1 saturated carbocycles. The summed E-state index contributed by atoms with van der Waals surface area (Å²) >= 11 is 0. The molecule has 3 amide bonds. The van der Waals surface area contributed by atoms with Gasteiger partial charge in [0, 0.05) is 49.7 Å². The van der Waals surface area contributed by atoms with E-state index in [0.717, 1.165) is 38.5 Å². The summed E-state index contributed by atoms with van der Waals surface area (Å²) in [6.45, 7) is 15.9. The number of piperidine rings is 2. The number of carbonyl (C=O) groups excluding carboxylic acids is 3. The van der Waals surface area contributed by atoms with E-state index in [1.807, 2.05) is 53.4 Å². The van der Waals surface area contributed by atoms with Crippen LogP contribution in [0.3, 0.4) is 0 Å². The SMILES string of the molecule is CC(C)N(C(=O)c1cc(F)ccc1Oc1cncnc1N1CCC2(CCN(C(=O)[C@@H]3[C@H]4CC[C@H](CC4)N3C(=O)OC(C)(C)C)C2)C1)C(C)C. The third-order valence-electron chi connectivity index (χ3n) is 10.6. The van der Waals surface area contributed by atoms with Gasteiger partial charge in [0.1, 0.15) is 29.5 Å². The number of carbonyl (C=O) groups is 3. The molecule has 5 heterocycles. The van der Waals surface area contributed by atoms with Gasteiger partial charge in [-0.25, -0.2) is 19.2 Å². The standard InChI is InChI=1S/C37H51FN6O5/c1-23(2)43(24(3)4)33(45)28-18-26(38)10-13-29(28)48-30-19-39-22-40-32(30)41-16-14-37(20-41)15-17-42(21-37)34(46)31-25-8-11-27(12-9-25)44(31)35(47)49-36(5,6)7/h10,13,18-19,22-25,27,31H,8-9,11-12,14-17,20-21H2,1-7H3/t25-,27+,31-,37?/m0/s1. The fourth-order valence-corrected chi connectivity index (χ4v) is 8.51. The molecular weight excluding hydrogens is 627 g/mol. The number of aromatic nitrogens is 2. The predicted octanol–water partition coefficient (Wildman–Crippen LogP) is 6.27. The van der Waals surface area contributed by atoms with E-state index in [0.29, 0.717) is 37.7 Å². The van der Waals surface area contributed by atoms with Crippen LogP contribution < -0.4 is 9.64 Å². The zero-order valence-corrected chi connectivity index (χ0v) is 29.9. The van der Waals surface area contributed by atoms with Crippen LogP contribution in [0.15, 0.2) is 30.7 Å². The van der Waals surface area contributed by atoms with Crippen molar-refractivity contribution in [1.29, 1.82) is 0 Å². The Bertz CT molecular complexity index is 1560. The zero-order chi connectivity index (χ0) is 35.2. The molecule has 2 atom stereocenters. The third kappa shape index (κ3) is 7.05. The molecule has 5 fully saturated rings. The number of likely N-dealkylation sites (tertiary alicyclic amines) is 1. The highest BCUT2D eigenvalue weighted by molar-refractivity contribution is 5.97. The lowest BCUT2D eigenvalue weighted by molar-refractivity contribution is -0.145. The Labute approximate surface area is 289 Å². The van der Waals surface area contributed by atoms with E-state index in [1.54, 1.807) is 16.0 Å². The average molecular weight is 679 g/mol. The smallest absolute Gasteiger partial charge is 0.411 e. The molecule has 0 N–H and O–H groups in total. The lowest BCUT2D eigenvalue weighted by Gasteiger charge is -2.51. The summed E-state index contributed by atoms with van der Waals surface area (Å²) in [5.74, 6) is 0.542. The van der Waals surface area contributed by atoms with Crippen LogP contribution in [-0.2, 0) is 9.53 Å². The zero-order valence-electron chi connectivity index (χ0n) is 29.9. The van der Waals surface area contributed by atoms with Gasteiger partial charge in [0.2, 0.25) is 5.91 Å². The fraction of sp³-hybridized carbons (Fsp3) is 0.649. The molecule has 2 bridgehead atoms. The summed E-state index contributed by atoms with van der Waals surface area (Å²) in [7, 11) is 0. The highest BCUT2D eigenvalue weighted by Gasteiger charge is 2.53. The molecule has 5 aliphatic rings. The second-order valence-electron chi connectivity index (χ2n) is 15.9. The number of halogens is 1. The van der Waals surface area contributed by atoms with Crippen molar-refractivity contribution in [3.8, 4) is 11.5 Å². The molecule has 0 radical (unpaired) electrons. The number of anilines is 1. The van der Waals surface area contributed by atoms with Crippen LogP contribution >= 0.6 is 0 Å². The van der Waals surface area contributed by atoms with Gasteiger partial charge in [-0.1, -0.05) is 0 Å². The molecule has 12 heteroatoms. The molecular formula is C37H51FN6O5. The summed E-state index contributed by atoms with van der Waals surface area (Å²) in [6, 6.07) is 3.35. The van der Waals surface area contributed by atoms with Crippen LogP contribution in [0.25, 0.3) is 0 Å². The molecule has 266 valence electrons. The highest BCUT2D eigenvalue weighted by atomic mass is 19.1. The Morgan fingerprint density at radius 3 is 2.35 bits per heavy atom. The first-order valence-corrected chi connectivity index (χ1v) is 17.8. The maximum absolute atomic E-state index is 14.5. The number of amides is 3. The first-order valence-electron chi connectivity index (χ1n) is 17.8. The average Bonchev–Trinajstić information content (AvgIpc) is 3.66. The minimum atomic E-state index is -0.633. The summed E-state index contributed by atoms with van der Waals surface area (Å²) in [6.07, 6.45) is 8.11. The van der Waals surface area contributed by atoms with E-state index >= 15 is 0 Å². The van der Waals surface area contributed by atoms with Gasteiger partial charge in [0.05, 0.1) is 11.8 Å². The summed E-state index contributed by atoms with van der Waals surface area (Å²) in [5.41, 5.74) is -0.627. The normalized spacial score (nSPS) is 25.1. The number of hydrogen-bond acceptors (Lipinski definition) is 8. The Morgan fingerprint density at radius 2 is 1.67 bits per heavy atom. The van der Waals surface area contributed by atoms with Gasteiger partial charge in [0.15, 0.2) is 11.6 Å². The predicted molar refractivity (Wildman–Crippen MR) is 183 cm³/mol. The van der Waals surface area contributed by atoms with Crippen molar-refractivity contribution in [2.24, 2.45) is 11.3 Å². The lowest BCUT2D eigenvalue weighted by atomic mass is 9.74. The molecule has 1 spiro atoms. The summed E-state index contributed by atoms with van der Waals surface area (Å²) < 4.78 is 26.6. The number of ether oxygens (including phenoxy) is 2. The first-order chi connectivity index (χ1) is 23.2. The van der Waals surface area contributed by atoms with Gasteiger partial charge >= 0.3 is 6.09 Å².